The summed E-state index contributed by atoms with van der Waals surface area (Å²) in [5.41, 5.74) is 5.91. The number of rotatable bonds is 10. The molecule has 8 heteroatoms. The number of anilines is 4. The summed E-state index contributed by atoms with van der Waals surface area (Å²) in [4.78, 5) is 3.83. The number of halogens is 2. The van der Waals surface area contributed by atoms with Gasteiger partial charge in [-0.15, -0.1) is 23.2 Å². The van der Waals surface area contributed by atoms with E-state index in [0.29, 0.717) is 5.56 Å². The first-order valence-corrected chi connectivity index (χ1v) is 15.4. The van der Waals surface area contributed by atoms with Gasteiger partial charge in [-0.3, -0.25) is 4.55 Å². The molecule has 0 saturated carbocycles. The van der Waals surface area contributed by atoms with E-state index in [1.807, 2.05) is 119 Å². The first-order chi connectivity index (χ1) is 19.9. The zero-order chi connectivity index (χ0) is 28.8. The Hall–Kier alpha value is -3.81. The lowest BCUT2D eigenvalue weighted by Crippen LogP contribution is -2.15. The standard InChI is InChI=1S/C33H28Cl2N2O3S/c34-23-36(27-9-3-1-4-10-27)29-19-15-25(16-20-29)33(31-13-7-8-14-32(31)41(38,39)40)26-17-21-30(22-18-26)37(24-35)28-11-5-2-6-12-28/h1-22,33H,23-24H2,(H,38,39,40). The molecule has 0 radical (unpaired) electrons. The Kier molecular flexibility index (Phi) is 8.96. The molecular weight excluding hydrogens is 575 g/mol. The molecule has 5 aromatic rings. The number of para-hydroxylation sites is 2. The van der Waals surface area contributed by atoms with E-state index in [1.54, 1.807) is 18.2 Å². The van der Waals surface area contributed by atoms with Gasteiger partial charge in [-0.2, -0.15) is 8.42 Å². The Balaban J connectivity index is 1.58. The van der Waals surface area contributed by atoms with Crippen LogP contribution < -0.4 is 9.80 Å². The van der Waals surface area contributed by atoms with Gasteiger partial charge in [0.05, 0.1) is 16.9 Å². The first kappa shape index (κ1) is 28.7. The maximum absolute atomic E-state index is 12.4. The molecule has 41 heavy (non-hydrogen) atoms. The molecule has 0 aliphatic heterocycles. The van der Waals surface area contributed by atoms with Crippen LogP contribution in [0.5, 0.6) is 0 Å². The predicted molar refractivity (Wildman–Crippen MR) is 169 cm³/mol. The molecule has 5 nitrogen and oxygen atoms in total. The molecule has 0 heterocycles. The Bertz CT molecular complexity index is 1590. The molecule has 0 aromatic heterocycles. The molecule has 0 amide bonds. The fourth-order valence-electron chi connectivity index (χ4n) is 4.99. The van der Waals surface area contributed by atoms with Crippen LogP contribution in [-0.2, 0) is 10.1 Å². The highest BCUT2D eigenvalue weighted by Crippen LogP contribution is 2.38. The molecule has 0 aliphatic rings. The van der Waals surface area contributed by atoms with Crippen LogP contribution in [0.1, 0.15) is 22.6 Å². The Morgan fingerprint density at radius 1 is 0.537 bits per heavy atom. The van der Waals surface area contributed by atoms with Gasteiger partial charge in [-0.25, -0.2) is 0 Å². The summed E-state index contributed by atoms with van der Waals surface area (Å²) in [6.45, 7) is 0. The van der Waals surface area contributed by atoms with Crippen molar-refractivity contribution in [1.29, 1.82) is 0 Å². The van der Waals surface area contributed by atoms with Gasteiger partial charge in [0.2, 0.25) is 0 Å². The van der Waals surface area contributed by atoms with Crippen LogP contribution in [0.3, 0.4) is 0 Å². The molecule has 5 rings (SSSR count). The van der Waals surface area contributed by atoms with E-state index in [0.717, 1.165) is 33.9 Å². The van der Waals surface area contributed by atoms with Crippen molar-refractivity contribution in [3.63, 3.8) is 0 Å². The van der Waals surface area contributed by atoms with Crippen LogP contribution in [0.25, 0.3) is 0 Å². The van der Waals surface area contributed by atoms with Crippen molar-refractivity contribution < 1.29 is 13.0 Å². The highest BCUT2D eigenvalue weighted by Gasteiger charge is 2.25. The van der Waals surface area contributed by atoms with E-state index >= 15 is 0 Å². The van der Waals surface area contributed by atoms with Crippen molar-refractivity contribution in [2.45, 2.75) is 10.8 Å². The van der Waals surface area contributed by atoms with Gasteiger partial charge in [0.15, 0.2) is 0 Å². The number of hydrogen-bond acceptors (Lipinski definition) is 4. The lowest BCUT2D eigenvalue weighted by Gasteiger charge is -2.26. The van der Waals surface area contributed by atoms with E-state index in [-0.39, 0.29) is 16.9 Å². The first-order valence-electron chi connectivity index (χ1n) is 12.9. The minimum Gasteiger partial charge on any atom is -0.327 e. The fraction of sp³-hybridized carbons (Fsp3) is 0.0909. The van der Waals surface area contributed by atoms with E-state index in [9.17, 15) is 13.0 Å². The summed E-state index contributed by atoms with van der Waals surface area (Å²) in [6, 6.07) is 42.5. The zero-order valence-electron chi connectivity index (χ0n) is 22.0. The lowest BCUT2D eigenvalue weighted by atomic mass is 9.85. The maximum Gasteiger partial charge on any atom is 0.294 e. The van der Waals surface area contributed by atoms with Gasteiger partial charge < -0.3 is 9.80 Å². The van der Waals surface area contributed by atoms with Crippen molar-refractivity contribution in [2.24, 2.45) is 0 Å². The summed E-state index contributed by atoms with van der Waals surface area (Å²) in [7, 11) is -4.47. The minimum absolute atomic E-state index is 0.128. The normalized spacial score (nSPS) is 11.4. The number of nitrogens with zero attached hydrogens (tertiary/aromatic N) is 2. The third kappa shape index (κ3) is 6.42. The van der Waals surface area contributed by atoms with Crippen LogP contribution in [-0.4, -0.2) is 25.0 Å². The summed E-state index contributed by atoms with van der Waals surface area (Å²) in [5, 5.41) is 0. The molecule has 0 bridgehead atoms. The van der Waals surface area contributed by atoms with Crippen LogP contribution in [0.15, 0.2) is 138 Å². The number of benzene rings is 5. The zero-order valence-corrected chi connectivity index (χ0v) is 24.3. The smallest absolute Gasteiger partial charge is 0.294 e. The summed E-state index contributed by atoms with van der Waals surface area (Å²) < 4.78 is 34.9. The topological polar surface area (TPSA) is 60.9 Å². The quantitative estimate of drug-likeness (QED) is 0.0749. The molecule has 0 spiro atoms. The maximum atomic E-state index is 12.4. The predicted octanol–water partition coefficient (Wildman–Crippen LogP) is 8.78. The van der Waals surface area contributed by atoms with Gasteiger partial charge in [-0.1, -0.05) is 78.9 Å². The van der Waals surface area contributed by atoms with Gasteiger partial charge >= 0.3 is 0 Å². The molecule has 0 fully saturated rings. The van der Waals surface area contributed by atoms with Crippen molar-refractivity contribution in [3.8, 4) is 0 Å². The largest absolute Gasteiger partial charge is 0.327 e. The second-order valence-corrected chi connectivity index (χ2v) is 11.3. The highest BCUT2D eigenvalue weighted by molar-refractivity contribution is 7.85. The Morgan fingerprint density at radius 2 is 0.902 bits per heavy atom. The second kappa shape index (κ2) is 12.8. The van der Waals surface area contributed by atoms with Crippen LogP contribution in [0.4, 0.5) is 22.7 Å². The Morgan fingerprint density at radius 3 is 1.29 bits per heavy atom. The van der Waals surface area contributed by atoms with Crippen LogP contribution in [0, 0.1) is 0 Å². The van der Waals surface area contributed by atoms with E-state index in [4.69, 9.17) is 23.2 Å². The Labute approximate surface area is 251 Å². The highest BCUT2D eigenvalue weighted by atomic mass is 35.5. The fourth-order valence-corrected chi connectivity index (χ4v) is 6.28. The van der Waals surface area contributed by atoms with E-state index in [2.05, 4.69) is 0 Å². The van der Waals surface area contributed by atoms with E-state index < -0.39 is 16.0 Å². The van der Waals surface area contributed by atoms with Crippen LogP contribution >= 0.6 is 23.2 Å². The second-order valence-electron chi connectivity index (χ2n) is 9.40. The van der Waals surface area contributed by atoms with Gasteiger partial charge in [-0.05, 0) is 71.3 Å². The molecule has 1 N–H and O–H groups in total. The van der Waals surface area contributed by atoms with Gasteiger partial charge in [0.1, 0.15) is 0 Å². The van der Waals surface area contributed by atoms with Crippen molar-refractivity contribution in [2.75, 3.05) is 21.8 Å². The average Bonchev–Trinajstić information content (AvgIpc) is 3.00. The molecule has 0 unspecified atom stereocenters. The third-order valence-corrected chi connectivity index (χ3v) is 8.36. The lowest BCUT2D eigenvalue weighted by molar-refractivity contribution is 0.482. The van der Waals surface area contributed by atoms with Crippen molar-refractivity contribution in [3.05, 3.63) is 150 Å². The average molecular weight is 604 g/mol. The molecule has 0 aliphatic carbocycles. The molecule has 0 saturated heterocycles. The summed E-state index contributed by atoms with van der Waals surface area (Å²) >= 11 is 12.6. The SMILES string of the molecule is O=S(=O)(O)c1ccccc1C(c1ccc(N(CCl)c2ccccc2)cc1)c1ccc(N(CCl)c2ccccc2)cc1. The summed E-state index contributed by atoms with van der Waals surface area (Å²) in [6.07, 6.45) is 0. The third-order valence-electron chi connectivity index (χ3n) is 6.96. The van der Waals surface area contributed by atoms with E-state index in [1.165, 1.54) is 6.07 Å². The van der Waals surface area contributed by atoms with Crippen molar-refractivity contribution in [1.82, 2.24) is 0 Å². The minimum atomic E-state index is -4.47. The van der Waals surface area contributed by atoms with Crippen LogP contribution in [0.2, 0.25) is 0 Å². The van der Waals surface area contributed by atoms with Gasteiger partial charge in [0, 0.05) is 28.7 Å². The number of alkyl halides is 2. The molecular formula is C33H28Cl2N2O3S. The molecule has 0 atom stereocenters. The monoisotopic (exact) mass is 602 g/mol. The van der Waals surface area contributed by atoms with Gasteiger partial charge in [0.25, 0.3) is 10.1 Å². The molecule has 208 valence electrons. The summed E-state index contributed by atoms with van der Waals surface area (Å²) in [5.74, 6) is -0.474. The van der Waals surface area contributed by atoms with Crippen molar-refractivity contribution >= 4 is 56.1 Å². The molecule has 5 aromatic carbocycles. The number of hydrogen-bond donors (Lipinski definition) is 1.